The summed E-state index contributed by atoms with van der Waals surface area (Å²) in [6, 6.07) is 0.323. The molecule has 0 aromatic heterocycles. The summed E-state index contributed by atoms with van der Waals surface area (Å²) >= 11 is 0. The first-order valence-electron chi connectivity index (χ1n) is 6.42. The largest absolute Gasteiger partial charge is 0.385 e. The lowest BCUT2D eigenvalue weighted by Crippen LogP contribution is -2.53. The molecule has 0 bridgehead atoms. The maximum absolute atomic E-state index is 12.0. The molecule has 1 aliphatic rings. The van der Waals surface area contributed by atoms with Crippen LogP contribution in [-0.2, 0) is 14.8 Å². The number of nitrogens with zero attached hydrogens (tertiary/aromatic N) is 2. The van der Waals surface area contributed by atoms with Crippen molar-refractivity contribution >= 4 is 10.0 Å². The molecule has 1 atom stereocenters. The average Bonchev–Trinajstić information content (AvgIpc) is 2.38. The lowest BCUT2D eigenvalue weighted by atomic mass is 10.2. The molecule has 2 N–H and O–H groups in total. The number of sulfonamides is 1. The fourth-order valence-corrected chi connectivity index (χ4v) is 3.55. The third-order valence-corrected chi connectivity index (χ3v) is 5.34. The Hall–Kier alpha value is -0.210. The second-order valence-electron chi connectivity index (χ2n) is 4.68. The fraction of sp³-hybridized carbons (Fsp3) is 1.00. The molecule has 1 rings (SSSR count). The second kappa shape index (κ2) is 7.40. The first kappa shape index (κ1) is 15.8. The van der Waals surface area contributed by atoms with Gasteiger partial charge in [-0.3, -0.25) is 4.90 Å². The third kappa shape index (κ3) is 4.47. The van der Waals surface area contributed by atoms with E-state index < -0.39 is 10.0 Å². The molecule has 18 heavy (non-hydrogen) atoms. The smallest absolute Gasteiger partial charge is 0.214 e. The summed E-state index contributed by atoms with van der Waals surface area (Å²) in [5, 5.41) is 0. The maximum atomic E-state index is 12.0. The van der Waals surface area contributed by atoms with Crippen molar-refractivity contribution in [1.82, 2.24) is 9.21 Å². The minimum Gasteiger partial charge on any atom is -0.385 e. The minimum absolute atomic E-state index is 0.174. The highest BCUT2D eigenvalue weighted by Crippen LogP contribution is 2.11. The van der Waals surface area contributed by atoms with Crippen molar-refractivity contribution in [2.75, 3.05) is 52.2 Å². The Morgan fingerprint density at radius 3 is 2.39 bits per heavy atom. The van der Waals surface area contributed by atoms with Crippen molar-refractivity contribution in [3.63, 3.8) is 0 Å². The fourth-order valence-electron chi connectivity index (χ4n) is 2.09. The molecule has 0 spiro atoms. The van der Waals surface area contributed by atoms with E-state index >= 15 is 0 Å². The van der Waals surface area contributed by atoms with Crippen LogP contribution in [0.2, 0.25) is 0 Å². The molecule has 0 amide bonds. The summed E-state index contributed by atoms with van der Waals surface area (Å²) in [5.74, 6) is 0.174. The minimum atomic E-state index is -3.12. The van der Waals surface area contributed by atoms with Gasteiger partial charge >= 0.3 is 0 Å². The molecule has 1 fully saturated rings. The van der Waals surface area contributed by atoms with E-state index in [4.69, 9.17) is 10.5 Å². The van der Waals surface area contributed by atoms with Gasteiger partial charge < -0.3 is 10.5 Å². The summed E-state index contributed by atoms with van der Waals surface area (Å²) in [6.45, 7) is 5.84. The first-order chi connectivity index (χ1) is 8.51. The summed E-state index contributed by atoms with van der Waals surface area (Å²) < 4.78 is 30.5. The monoisotopic (exact) mass is 279 g/mol. The second-order valence-corrected chi connectivity index (χ2v) is 6.77. The predicted molar refractivity (Wildman–Crippen MR) is 71.9 cm³/mol. The van der Waals surface area contributed by atoms with E-state index in [1.807, 2.05) is 0 Å². The summed E-state index contributed by atoms with van der Waals surface area (Å²) in [6.07, 6.45) is 0.554. The van der Waals surface area contributed by atoms with Gasteiger partial charge in [0.15, 0.2) is 0 Å². The zero-order valence-electron chi connectivity index (χ0n) is 11.3. The molecule has 1 heterocycles. The zero-order chi connectivity index (χ0) is 13.6. The van der Waals surface area contributed by atoms with Crippen LogP contribution in [0.15, 0.2) is 0 Å². The van der Waals surface area contributed by atoms with Gasteiger partial charge in [-0.1, -0.05) is 0 Å². The highest BCUT2D eigenvalue weighted by molar-refractivity contribution is 7.89. The third-order valence-electron chi connectivity index (χ3n) is 3.38. The molecule has 0 radical (unpaired) electrons. The number of ether oxygens (including phenoxy) is 1. The Morgan fingerprint density at radius 1 is 1.28 bits per heavy atom. The van der Waals surface area contributed by atoms with Crippen LogP contribution in [0, 0.1) is 0 Å². The van der Waals surface area contributed by atoms with Gasteiger partial charge in [0.25, 0.3) is 0 Å². The SMILES string of the molecule is COCCCS(=O)(=O)N1CCN(C(C)CN)CC1. The molecule has 0 aromatic carbocycles. The van der Waals surface area contributed by atoms with Crippen LogP contribution in [0.25, 0.3) is 0 Å². The number of methoxy groups -OCH3 is 1. The Kier molecular flexibility index (Phi) is 6.51. The van der Waals surface area contributed by atoms with E-state index in [1.54, 1.807) is 11.4 Å². The normalized spacial score (nSPS) is 21.1. The highest BCUT2D eigenvalue weighted by atomic mass is 32.2. The van der Waals surface area contributed by atoms with Gasteiger partial charge in [0, 0.05) is 52.5 Å². The van der Waals surface area contributed by atoms with Crippen LogP contribution in [0.3, 0.4) is 0 Å². The first-order valence-corrected chi connectivity index (χ1v) is 8.03. The average molecular weight is 279 g/mol. The van der Waals surface area contributed by atoms with Crippen molar-refractivity contribution in [3.8, 4) is 0 Å². The molecule has 0 aliphatic carbocycles. The number of hydrogen-bond donors (Lipinski definition) is 1. The molecule has 0 saturated carbocycles. The molecule has 108 valence electrons. The number of piperazine rings is 1. The zero-order valence-corrected chi connectivity index (χ0v) is 12.2. The lowest BCUT2D eigenvalue weighted by molar-refractivity contribution is 0.148. The topological polar surface area (TPSA) is 75.9 Å². The Bertz CT molecular complexity index is 326. The van der Waals surface area contributed by atoms with E-state index in [-0.39, 0.29) is 5.75 Å². The van der Waals surface area contributed by atoms with Crippen LogP contribution in [-0.4, -0.2) is 75.9 Å². The molecular formula is C11H25N3O3S. The van der Waals surface area contributed by atoms with Crippen molar-refractivity contribution in [2.45, 2.75) is 19.4 Å². The molecule has 7 heteroatoms. The number of hydrogen-bond acceptors (Lipinski definition) is 5. The van der Waals surface area contributed by atoms with Gasteiger partial charge in [0.2, 0.25) is 10.0 Å². The van der Waals surface area contributed by atoms with E-state index in [9.17, 15) is 8.42 Å². The number of nitrogens with two attached hydrogens (primary N) is 1. The summed E-state index contributed by atoms with van der Waals surface area (Å²) in [4.78, 5) is 2.24. The van der Waals surface area contributed by atoms with Gasteiger partial charge in [0.1, 0.15) is 0 Å². The molecule has 1 aliphatic heterocycles. The number of rotatable bonds is 7. The lowest BCUT2D eigenvalue weighted by Gasteiger charge is -2.37. The van der Waals surface area contributed by atoms with Crippen molar-refractivity contribution < 1.29 is 13.2 Å². The van der Waals surface area contributed by atoms with E-state index in [2.05, 4.69) is 11.8 Å². The van der Waals surface area contributed by atoms with Crippen molar-refractivity contribution in [2.24, 2.45) is 5.73 Å². The van der Waals surface area contributed by atoms with E-state index in [1.165, 1.54) is 0 Å². The molecule has 1 saturated heterocycles. The van der Waals surface area contributed by atoms with Crippen molar-refractivity contribution in [3.05, 3.63) is 0 Å². The Morgan fingerprint density at radius 2 is 1.89 bits per heavy atom. The molecule has 0 aromatic rings. The van der Waals surface area contributed by atoms with Gasteiger partial charge in [0.05, 0.1) is 5.75 Å². The molecule has 1 unspecified atom stereocenters. The highest BCUT2D eigenvalue weighted by Gasteiger charge is 2.27. The van der Waals surface area contributed by atoms with Crippen LogP contribution in [0.4, 0.5) is 0 Å². The summed E-state index contributed by atoms with van der Waals surface area (Å²) in [5.41, 5.74) is 5.62. The van der Waals surface area contributed by atoms with Crippen LogP contribution in [0.1, 0.15) is 13.3 Å². The van der Waals surface area contributed by atoms with Crippen LogP contribution >= 0.6 is 0 Å². The van der Waals surface area contributed by atoms with E-state index in [0.29, 0.717) is 38.7 Å². The van der Waals surface area contributed by atoms with Crippen LogP contribution in [0.5, 0.6) is 0 Å². The van der Waals surface area contributed by atoms with Gasteiger partial charge in [-0.15, -0.1) is 0 Å². The summed E-state index contributed by atoms with van der Waals surface area (Å²) in [7, 11) is -1.53. The van der Waals surface area contributed by atoms with Gasteiger partial charge in [-0.25, -0.2) is 8.42 Å². The standard InChI is InChI=1S/C11H25N3O3S/c1-11(10-12)13-4-6-14(7-5-13)18(15,16)9-3-8-17-2/h11H,3-10,12H2,1-2H3. The van der Waals surface area contributed by atoms with Gasteiger partial charge in [-0.2, -0.15) is 4.31 Å². The molecular weight excluding hydrogens is 254 g/mol. The van der Waals surface area contributed by atoms with Crippen LogP contribution < -0.4 is 5.73 Å². The Balaban J connectivity index is 2.41. The maximum Gasteiger partial charge on any atom is 0.214 e. The quantitative estimate of drug-likeness (QED) is 0.625. The Labute approximate surface area is 110 Å². The van der Waals surface area contributed by atoms with E-state index in [0.717, 1.165) is 13.1 Å². The van der Waals surface area contributed by atoms with Crippen molar-refractivity contribution in [1.29, 1.82) is 0 Å². The van der Waals surface area contributed by atoms with Gasteiger partial charge in [-0.05, 0) is 13.3 Å². The predicted octanol–water partition coefficient (Wildman–Crippen LogP) is -0.682. The molecule has 6 nitrogen and oxygen atoms in total.